The minimum atomic E-state index is -2.97. The summed E-state index contributed by atoms with van der Waals surface area (Å²) in [5.74, 6) is 0.159. The van der Waals surface area contributed by atoms with Gasteiger partial charge in [-0.1, -0.05) is 6.42 Å². The fraction of sp³-hybridized carbons (Fsp3) is 0.846. The van der Waals surface area contributed by atoms with Gasteiger partial charge in [0, 0.05) is 32.0 Å². The topological polar surface area (TPSA) is 83.6 Å². The van der Waals surface area contributed by atoms with Crippen LogP contribution in [0.25, 0.3) is 0 Å². The summed E-state index contributed by atoms with van der Waals surface area (Å²) in [6.45, 7) is 1.16. The number of nitrogens with one attached hydrogen (secondary N) is 1. The van der Waals surface area contributed by atoms with Crippen LogP contribution in [0.3, 0.4) is 0 Å². The van der Waals surface area contributed by atoms with Crippen LogP contribution in [0.2, 0.25) is 0 Å². The second-order valence-electron chi connectivity index (χ2n) is 5.61. The first-order valence-electron chi connectivity index (χ1n) is 7.24. The van der Waals surface area contributed by atoms with E-state index in [4.69, 9.17) is 0 Å². The molecule has 114 valence electrons. The molecule has 6 nitrogen and oxygen atoms in total. The minimum Gasteiger partial charge on any atom is -0.352 e. The Morgan fingerprint density at radius 1 is 1.30 bits per heavy atom. The van der Waals surface area contributed by atoms with Crippen LogP contribution in [0.15, 0.2) is 0 Å². The average Bonchev–Trinajstić information content (AvgIpc) is 2.58. The van der Waals surface area contributed by atoms with E-state index in [9.17, 15) is 18.0 Å². The first kappa shape index (κ1) is 15.3. The maximum Gasteiger partial charge on any atom is 0.222 e. The third-order valence-corrected chi connectivity index (χ3v) is 5.65. The lowest BCUT2D eigenvalue weighted by molar-refractivity contribution is -0.131. The van der Waals surface area contributed by atoms with E-state index in [1.807, 2.05) is 0 Å². The van der Waals surface area contributed by atoms with Gasteiger partial charge in [-0.3, -0.25) is 9.59 Å². The lowest BCUT2D eigenvalue weighted by atomic mass is 10.2. The van der Waals surface area contributed by atoms with Crippen LogP contribution >= 0.6 is 0 Å². The molecule has 2 aliphatic rings. The van der Waals surface area contributed by atoms with Crippen molar-refractivity contribution in [2.45, 2.75) is 44.6 Å². The lowest BCUT2D eigenvalue weighted by Crippen LogP contribution is -2.39. The van der Waals surface area contributed by atoms with E-state index in [-0.39, 0.29) is 35.8 Å². The molecule has 0 saturated carbocycles. The number of hydrogen-bond donors (Lipinski definition) is 1. The van der Waals surface area contributed by atoms with E-state index in [1.165, 1.54) is 0 Å². The number of nitrogens with zero attached hydrogens (tertiary/aromatic N) is 1. The molecule has 2 rings (SSSR count). The summed E-state index contributed by atoms with van der Waals surface area (Å²) in [6.07, 6.45) is 4.31. The molecule has 20 heavy (non-hydrogen) atoms. The van der Waals surface area contributed by atoms with Crippen LogP contribution in [0, 0.1) is 0 Å². The van der Waals surface area contributed by atoms with Gasteiger partial charge in [-0.25, -0.2) is 8.42 Å². The smallest absolute Gasteiger partial charge is 0.222 e. The van der Waals surface area contributed by atoms with Gasteiger partial charge in [0.25, 0.3) is 0 Å². The highest BCUT2D eigenvalue weighted by Gasteiger charge is 2.29. The van der Waals surface area contributed by atoms with Crippen molar-refractivity contribution < 1.29 is 18.0 Å². The molecule has 2 fully saturated rings. The summed E-state index contributed by atoms with van der Waals surface area (Å²) >= 11 is 0. The van der Waals surface area contributed by atoms with Crippen LogP contribution in [-0.4, -0.2) is 55.8 Å². The lowest BCUT2D eigenvalue weighted by Gasteiger charge is -2.20. The Kier molecular flexibility index (Phi) is 5.01. The van der Waals surface area contributed by atoms with Gasteiger partial charge in [0.05, 0.1) is 11.5 Å². The third kappa shape index (κ3) is 4.47. The van der Waals surface area contributed by atoms with Crippen molar-refractivity contribution in [2.24, 2.45) is 0 Å². The van der Waals surface area contributed by atoms with Gasteiger partial charge in [0.15, 0.2) is 9.84 Å². The van der Waals surface area contributed by atoms with Crippen molar-refractivity contribution in [3.05, 3.63) is 0 Å². The molecule has 1 N–H and O–H groups in total. The molecule has 2 aliphatic heterocycles. The Hall–Kier alpha value is -1.11. The van der Waals surface area contributed by atoms with Gasteiger partial charge in [-0.2, -0.15) is 0 Å². The second kappa shape index (κ2) is 6.56. The molecule has 0 radical (unpaired) electrons. The van der Waals surface area contributed by atoms with Crippen LogP contribution in [0.4, 0.5) is 0 Å². The summed E-state index contributed by atoms with van der Waals surface area (Å²) < 4.78 is 22.6. The molecule has 1 unspecified atom stereocenters. The molecule has 2 saturated heterocycles. The van der Waals surface area contributed by atoms with Crippen LogP contribution in [0.5, 0.6) is 0 Å². The highest BCUT2D eigenvalue weighted by atomic mass is 32.2. The number of hydrogen-bond acceptors (Lipinski definition) is 4. The van der Waals surface area contributed by atoms with Crippen molar-refractivity contribution >= 4 is 21.7 Å². The molecule has 0 bridgehead atoms. The molecule has 7 heteroatoms. The maximum absolute atomic E-state index is 11.8. The van der Waals surface area contributed by atoms with Crippen molar-refractivity contribution in [3.63, 3.8) is 0 Å². The normalized spacial score (nSPS) is 26.3. The van der Waals surface area contributed by atoms with Crippen molar-refractivity contribution in [3.8, 4) is 0 Å². The third-order valence-electron chi connectivity index (χ3n) is 3.88. The van der Waals surface area contributed by atoms with Gasteiger partial charge in [-0.15, -0.1) is 0 Å². The molecule has 2 heterocycles. The summed E-state index contributed by atoms with van der Waals surface area (Å²) in [4.78, 5) is 25.3. The van der Waals surface area contributed by atoms with E-state index >= 15 is 0 Å². The number of sulfone groups is 1. The maximum atomic E-state index is 11.8. The highest BCUT2D eigenvalue weighted by molar-refractivity contribution is 7.91. The Bertz CT molecular complexity index is 475. The van der Waals surface area contributed by atoms with Gasteiger partial charge < -0.3 is 10.2 Å². The molecule has 0 spiro atoms. The monoisotopic (exact) mass is 302 g/mol. The van der Waals surface area contributed by atoms with Gasteiger partial charge in [-0.05, 0) is 19.3 Å². The van der Waals surface area contributed by atoms with E-state index in [1.54, 1.807) is 4.90 Å². The Morgan fingerprint density at radius 2 is 2.10 bits per heavy atom. The number of carbonyl (C=O) groups excluding carboxylic acids is 2. The predicted octanol–water partition coefficient (Wildman–Crippen LogP) is 0.0824. The zero-order valence-corrected chi connectivity index (χ0v) is 12.5. The largest absolute Gasteiger partial charge is 0.352 e. The number of rotatable bonds is 4. The SMILES string of the molecule is O=C(CCN1CCCCCC1=O)NC1CCS(=O)(=O)C1. The molecule has 0 aromatic heterocycles. The number of amides is 2. The Morgan fingerprint density at radius 3 is 2.80 bits per heavy atom. The van der Waals surface area contributed by atoms with E-state index in [2.05, 4.69) is 5.32 Å². The summed E-state index contributed by atoms with van der Waals surface area (Å²) in [5, 5.41) is 2.75. The first-order valence-corrected chi connectivity index (χ1v) is 9.06. The van der Waals surface area contributed by atoms with Crippen LogP contribution < -0.4 is 5.32 Å². The fourth-order valence-corrected chi connectivity index (χ4v) is 4.39. The van der Waals surface area contributed by atoms with E-state index in [0.717, 1.165) is 25.8 Å². The quantitative estimate of drug-likeness (QED) is 0.797. The molecule has 1 atom stereocenters. The Labute approximate surface area is 119 Å². The summed E-state index contributed by atoms with van der Waals surface area (Å²) in [7, 11) is -2.97. The molecule has 2 amide bonds. The van der Waals surface area contributed by atoms with Crippen molar-refractivity contribution in [1.82, 2.24) is 10.2 Å². The standard InChI is InChI=1S/C13H22N2O4S/c16-12(14-11-6-9-20(18,19)10-11)5-8-15-7-3-1-2-4-13(15)17/h11H,1-10H2,(H,14,16). The molecular weight excluding hydrogens is 280 g/mol. The van der Waals surface area contributed by atoms with Gasteiger partial charge >= 0.3 is 0 Å². The number of likely N-dealkylation sites (tertiary alicyclic amines) is 1. The zero-order valence-electron chi connectivity index (χ0n) is 11.6. The highest BCUT2D eigenvalue weighted by Crippen LogP contribution is 2.13. The zero-order chi connectivity index (χ0) is 14.6. The van der Waals surface area contributed by atoms with Gasteiger partial charge in [0.2, 0.25) is 11.8 Å². The minimum absolute atomic E-state index is 0.0430. The van der Waals surface area contributed by atoms with Crippen LogP contribution in [-0.2, 0) is 19.4 Å². The second-order valence-corrected chi connectivity index (χ2v) is 7.84. The molecule has 0 aromatic rings. The van der Waals surface area contributed by atoms with Crippen molar-refractivity contribution in [2.75, 3.05) is 24.6 Å². The van der Waals surface area contributed by atoms with E-state index < -0.39 is 9.84 Å². The average molecular weight is 302 g/mol. The Balaban J connectivity index is 1.73. The molecule has 0 aromatic carbocycles. The fourth-order valence-electron chi connectivity index (χ4n) is 2.72. The predicted molar refractivity (Wildman–Crippen MR) is 74.9 cm³/mol. The molecular formula is C13H22N2O4S. The van der Waals surface area contributed by atoms with E-state index in [0.29, 0.717) is 19.4 Å². The van der Waals surface area contributed by atoms with Gasteiger partial charge in [0.1, 0.15) is 0 Å². The molecule has 0 aliphatic carbocycles. The van der Waals surface area contributed by atoms with Crippen LogP contribution in [0.1, 0.15) is 38.5 Å². The summed E-state index contributed by atoms with van der Waals surface area (Å²) in [6, 6.07) is -0.257. The number of carbonyl (C=O) groups is 2. The van der Waals surface area contributed by atoms with Crippen molar-refractivity contribution in [1.29, 1.82) is 0 Å². The summed E-state index contributed by atoms with van der Waals surface area (Å²) in [5.41, 5.74) is 0. The first-order chi connectivity index (χ1) is 9.46.